The Morgan fingerprint density at radius 1 is 1.10 bits per heavy atom. The van der Waals surface area contributed by atoms with E-state index < -0.39 is 0 Å². The molecule has 2 N–H and O–H groups in total. The Bertz CT molecular complexity index is 1460. The quantitative estimate of drug-likeness (QED) is 0.239. The van der Waals surface area contributed by atoms with Crippen molar-refractivity contribution in [2.45, 2.75) is 19.9 Å². The number of anilines is 4. The van der Waals surface area contributed by atoms with Gasteiger partial charge in [0.15, 0.2) is 0 Å². The lowest BCUT2D eigenvalue weighted by molar-refractivity contribution is -0.111. The third-order valence-corrected chi connectivity index (χ3v) is 6.51. The number of hydrogen-bond donors (Lipinski definition) is 2. The summed E-state index contributed by atoms with van der Waals surface area (Å²) in [5.74, 6) is 0.944. The van der Waals surface area contributed by atoms with E-state index >= 15 is 0 Å². The van der Waals surface area contributed by atoms with Crippen LogP contribution in [0.4, 0.5) is 22.9 Å². The van der Waals surface area contributed by atoms with Gasteiger partial charge < -0.3 is 29.7 Å². The van der Waals surface area contributed by atoms with Crippen LogP contribution < -0.4 is 20.3 Å². The van der Waals surface area contributed by atoms with Gasteiger partial charge in [-0.3, -0.25) is 4.79 Å². The molecule has 9 heteroatoms. The molecule has 0 saturated heterocycles. The van der Waals surface area contributed by atoms with Crippen molar-refractivity contribution in [3.63, 3.8) is 0 Å². The molecule has 4 aromatic rings. The topological polar surface area (TPSA) is 87.5 Å². The van der Waals surface area contributed by atoms with Gasteiger partial charge in [0.2, 0.25) is 5.91 Å². The van der Waals surface area contributed by atoms with Crippen LogP contribution in [0.15, 0.2) is 67.6 Å². The number of methoxy groups -OCH3 is 1. The summed E-state index contributed by atoms with van der Waals surface area (Å²) in [5.41, 5.74) is 5.19. The largest absolute Gasteiger partial charge is 0.494 e. The number of carbonyl (C=O) groups is 1. The summed E-state index contributed by atoms with van der Waals surface area (Å²) in [7, 11) is 7.67. The van der Waals surface area contributed by atoms with E-state index in [2.05, 4.69) is 72.9 Å². The van der Waals surface area contributed by atoms with E-state index in [1.807, 2.05) is 45.4 Å². The zero-order valence-corrected chi connectivity index (χ0v) is 23.4. The Labute approximate surface area is 230 Å². The number of nitrogens with one attached hydrogen (secondary N) is 2. The molecule has 2 aromatic carbocycles. The minimum Gasteiger partial charge on any atom is -0.494 e. The number of fused-ring (bicyclic) bond motifs is 1. The number of amides is 1. The maximum Gasteiger partial charge on any atom is 0.247 e. The molecule has 9 nitrogen and oxygen atoms in total. The molecule has 4 rings (SSSR count). The summed E-state index contributed by atoms with van der Waals surface area (Å²) in [6, 6.07) is 14.1. The second-order valence-electron chi connectivity index (χ2n) is 9.65. The fourth-order valence-corrected chi connectivity index (χ4v) is 4.49. The number of aryl methyl sites for hydroxylation is 1. The Kier molecular flexibility index (Phi) is 8.83. The third-order valence-electron chi connectivity index (χ3n) is 6.51. The molecule has 0 bridgehead atoms. The molecule has 2 aromatic heterocycles. The lowest BCUT2D eigenvalue weighted by Crippen LogP contribution is -2.29. The summed E-state index contributed by atoms with van der Waals surface area (Å²) in [6.45, 7) is 8.32. The molecule has 0 spiro atoms. The van der Waals surface area contributed by atoms with Crippen LogP contribution in [0, 0.1) is 0 Å². The predicted molar refractivity (Wildman–Crippen MR) is 160 cm³/mol. The third kappa shape index (κ3) is 6.38. The molecule has 0 aliphatic rings. The van der Waals surface area contributed by atoms with E-state index in [-0.39, 0.29) is 5.91 Å². The highest BCUT2D eigenvalue weighted by atomic mass is 16.5. The van der Waals surface area contributed by atoms with Gasteiger partial charge in [-0.1, -0.05) is 31.7 Å². The molecule has 0 unspecified atom stereocenters. The molecule has 0 radical (unpaired) electrons. The average molecular weight is 528 g/mol. The van der Waals surface area contributed by atoms with Crippen LogP contribution in [-0.4, -0.2) is 66.7 Å². The molecular weight excluding hydrogens is 490 g/mol. The monoisotopic (exact) mass is 527 g/mol. The predicted octanol–water partition coefficient (Wildman–Crippen LogP) is 5.38. The fourth-order valence-electron chi connectivity index (χ4n) is 4.49. The van der Waals surface area contributed by atoms with Crippen molar-refractivity contribution in [3.05, 3.63) is 67.6 Å². The minimum absolute atomic E-state index is 0.291. The normalized spacial score (nSPS) is 11.0. The van der Waals surface area contributed by atoms with Crippen LogP contribution in [0.3, 0.4) is 0 Å². The Hall–Kier alpha value is -4.37. The van der Waals surface area contributed by atoms with Crippen LogP contribution in [-0.2, 0) is 11.3 Å². The van der Waals surface area contributed by atoms with Crippen LogP contribution in [0.2, 0.25) is 0 Å². The lowest BCUT2D eigenvalue weighted by Gasteiger charge is -2.26. The SMILES string of the molecule is C=CC(=O)Nc1cc(Nc2cc(-c3cn(CCC)c4ccccc34)ncn2)c(OC)cc1N(C)CCN(C)C. The minimum atomic E-state index is -0.291. The van der Waals surface area contributed by atoms with Gasteiger partial charge in [0.1, 0.15) is 17.9 Å². The number of likely N-dealkylation sites (N-methyl/N-ethyl adjacent to an activating group) is 2. The van der Waals surface area contributed by atoms with Crippen molar-refractivity contribution >= 4 is 39.7 Å². The lowest BCUT2D eigenvalue weighted by atomic mass is 10.1. The van der Waals surface area contributed by atoms with Crippen molar-refractivity contribution in [2.24, 2.45) is 0 Å². The van der Waals surface area contributed by atoms with E-state index in [1.54, 1.807) is 13.4 Å². The smallest absolute Gasteiger partial charge is 0.247 e. The molecule has 1 amide bonds. The van der Waals surface area contributed by atoms with Gasteiger partial charge in [-0.25, -0.2) is 9.97 Å². The van der Waals surface area contributed by atoms with Crippen LogP contribution in [0.25, 0.3) is 22.2 Å². The van der Waals surface area contributed by atoms with E-state index in [4.69, 9.17) is 4.74 Å². The van der Waals surface area contributed by atoms with Gasteiger partial charge >= 0.3 is 0 Å². The summed E-state index contributed by atoms with van der Waals surface area (Å²) in [5, 5.41) is 7.46. The highest BCUT2D eigenvalue weighted by molar-refractivity contribution is 6.02. The summed E-state index contributed by atoms with van der Waals surface area (Å²) >= 11 is 0. The van der Waals surface area contributed by atoms with E-state index in [0.717, 1.165) is 48.4 Å². The number of benzene rings is 2. The number of carbonyl (C=O) groups excluding carboxylic acids is 1. The zero-order chi connectivity index (χ0) is 27.9. The van der Waals surface area contributed by atoms with Gasteiger partial charge in [0.05, 0.1) is 29.9 Å². The van der Waals surface area contributed by atoms with Crippen LogP contribution in [0.1, 0.15) is 13.3 Å². The molecule has 204 valence electrons. The number of nitrogens with zero attached hydrogens (tertiary/aromatic N) is 5. The van der Waals surface area contributed by atoms with Gasteiger partial charge in [-0.2, -0.15) is 0 Å². The van der Waals surface area contributed by atoms with Crippen LogP contribution >= 0.6 is 0 Å². The molecule has 39 heavy (non-hydrogen) atoms. The van der Waals surface area contributed by atoms with Crippen molar-refractivity contribution < 1.29 is 9.53 Å². The summed E-state index contributed by atoms with van der Waals surface area (Å²) in [4.78, 5) is 25.5. The molecule has 0 fully saturated rings. The number of aromatic nitrogens is 3. The van der Waals surface area contributed by atoms with E-state index in [0.29, 0.717) is 22.9 Å². The second kappa shape index (κ2) is 12.4. The van der Waals surface area contributed by atoms with Gasteiger partial charge in [0.25, 0.3) is 0 Å². The first-order valence-corrected chi connectivity index (χ1v) is 13.0. The first-order valence-electron chi connectivity index (χ1n) is 13.0. The highest BCUT2D eigenvalue weighted by Crippen LogP contribution is 2.38. The standard InChI is InChI=1S/C30H37N7O2/c1-7-13-37-19-22(21-11-9-10-12-26(21)37)23-17-29(32-20-31-23)33-25-16-24(34-30(38)8-2)27(18-28(25)39-6)36(5)15-14-35(3)4/h8-12,16-20H,2,7,13-15H2,1,3-6H3,(H,34,38)(H,31,32,33). The summed E-state index contributed by atoms with van der Waals surface area (Å²) < 4.78 is 8.01. The van der Waals surface area contributed by atoms with Crippen LogP contribution in [0.5, 0.6) is 5.75 Å². The van der Waals surface area contributed by atoms with Crippen molar-refractivity contribution in [1.82, 2.24) is 19.4 Å². The highest BCUT2D eigenvalue weighted by Gasteiger charge is 2.17. The molecule has 0 atom stereocenters. The van der Waals surface area contributed by atoms with Gasteiger partial charge in [-0.15, -0.1) is 0 Å². The van der Waals surface area contributed by atoms with Crippen molar-refractivity contribution in [1.29, 1.82) is 0 Å². The zero-order valence-electron chi connectivity index (χ0n) is 23.4. The van der Waals surface area contributed by atoms with Gasteiger partial charge in [-0.05, 0) is 38.7 Å². The molecular formula is C30H37N7O2. The Morgan fingerprint density at radius 3 is 2.62 bits per heavy atom. The van der Waals surface area contributed by atoms with E-state index in [9.17, 15) is 4.79 Å². The molecule has 0 saturated carbocycles. The number of rotatable bonds is 12. The van der Waals surface area contributed by atoms with Gasteiger partial charge in [0, 0.05) is 61.5 Å². The molecule has 0 aliphatic heterocycles. The summed E-state index contributed by atoms with van der Waals surface area (Å²) in [6.07, 6.45) is 6.01. The van der Waals surface area contributed by atoms with Crippen molar-refractivity contribution in [2.75, 3.05) is 56.9 Å². The number of hydrogen-bond acceptors (Lipinski definition) is 7. The fraction of sp³-hybridized carbons (Fsp3) is 0.300. The van der Waals surface area contributed by atoms with E-state index in [1.165, 1.54) is 11.6 Å². The maximum atomic E-state index is 12.3. The first-order chi connectivity index (χ1) is 18.8. The average Bonchev–Trinajstić information content (AvgIpc) is 3.30. The van der Waals surface area contributed by atoms with Crippen molar-refractivity contribution in [3.8, 4) is 17.0 Å². The molecule has 0 aliphatic carbocycles. The second-order valence-corrected chi connectivity index (χ2v) is 9.65. The first kappa shape index (κ1) is 27.7. The Morgan fingerprint density at radius 2 is 1.90 bits per heavy atom. The number of ether oxygens (including phenoxy) is 1. The Balaban J connectivity index is 1.71. The number of para-hydroxylation sites is 1. The maximum absolute atomic E-state index is 12.3. The molecule has 2 heterocycles.